The Labute approximate surface area is 145 Å². The summed E-state index contributed by atoms with van der Waals surface area (Å²) in [4.78, 5) is 37.4. The van der Waals surface area contributed by atoms with Crippen molar-refractivity contribution >= 4 is 17.7 Å². The SMILES string of the molecule is CC[C@H](C)[C@H](NC(=O)CNC(=O)c1cc(F)cc(F)c1)C(=O)N(C)C. The summed E-state index contributed by atoms with van der Waals surface area (Å²) < 4.78 is 26.2. The Morgan fingerprint density at radius 2 is 1.68 bits per heavy atom. The molecule has 0 bridgehead atoms. The van der Waals surface area contributed by atoms with Crippen LogP contribution in [0.2, 0.25) is 0 Å². The second kappa shape index (κ2) is 9.10. The van der Waals surface area contributed by atoms with Crippen molar-refractivity contribution in [2.24, 2.45) is 5.92 Å². The van der Waals surface area contributed by atoms with Gasteiger partial charge in [-0.25, -0.2) is 8.78 Å². The molecular formula is C17H23F2N3O3. The molecule has 138 valence electrons. The van der Waals surface area contributed by atoms with Gasteiger partial charge in [0.25, 0.3) is 5.91 Å². The van der Waals surface area contributed by atoms with Gasteiger partial charge in [0, 0.05) is 25.7 Å². The largest absolute Gasteiger partial charge is 0.347 e. The summed E-state index contributed by atoms with van der Waals surface area (Å²) in [6.45, 7) is 3.32. The van der Waals surface area contributed by atoms with Gasteiger partial charge >= 0.3 is 0 Å². The van der Waals surface area contributed by atoms with Crippen molar-refractivity contribution in [3.63, 3.8) is 0 Å². The summed E-state index contributed by atoms with van der Waals surface area (Å²) in [5, 5.41) is 4.86. The number of hydrogen-bond donors (Lipinski definition) is 2. The normalized spacial score (nSPS) is 12.9. The number of amides is 3. The molecule has 2 N–H and O–H groups in total. The fourth-order valence-electron chi connectivity index (χ4n) is 2.13. The first-order valence-corrected chi connectivity index (χ1v) is 7.90. The monoisotopic (exact) mass is 355 g/mol. The zero-order chi connectivity index (χ0) is 19.1. The summed E-state index contributed by atoms with van der Waals surface area (Å²) in [5.74, 6) is -3.46. The van der Waals surface area contributed by atoms with Crippen LogP contribution in [0.3, 0.4) is 0 Å². The molecule has 2 atom stereocenters. The Balaban J connectivity index is 2.68. The summed E-state index contributed by atoms with van der Waals surface area (Å²) in [6, 6.07) is 1.67. The summed E-state index contributed by atoms with van der Waals surface area (Å²) in [7, 11) is 3.17. The van der Waals surface area contributed by atoms with Crippen molar-refractivity contribution in [3.8, 4) is 0 Å². The Bertz CT molecular complexity index is 630. The smallest absolute Gasteiger partial charge is 0.251 e. The lowest BCUT2D eigenvalue weighted by molar-refractivity contribution is -0.135. The molecule has 8 heteroatoms. The lowest BCUT2D eigenvalue weighted by Crippen LogP contribution is -2.52. The van der Waals surface area contributed by atoms with Crippen LogP contribution >= 0.6 is 0 Å². The van der Waals surface area contributed by atoms with Gasteiger partial charge in [0.15, 0.2) is 0 Å². The van der Waals surface area contributed by atoms with Crippen LogP contribution in [0.25, 0.3) is 0 Å². The molecule has 0 saturated heterocycles. The number of hydrogen-bond acceptors (Lipinski definition) is 3. The predicted octanol–water partition coefficient (Wildman–Crippen LogP) is 1.31. The van der Waals surface area contributed by atoms with Crippen molar-refractivity contribution in [1.29, 1.82) is 0 Å². The highest BCUT2D eigenvalue weighted by Gasteiger charge is 2.27. The number of nitrogens with zero attached hydrogens (tertiary/aromatic N) is 1. The van der Waals surface area contributed by atoms with E-state index in [0.717, 1.165) is 12.1 Å². The van der Waals surface area contributed by atoms with E-state index in [0.29, 0.717) is 12.5 Å². The molecular weight excluding hydrogens is 332 g/mol. The first-order valence-electron chi connectivity index (χ1n) is 7.90. The van der Waals surface area contributed by atoms with E-state index in [1.165, 1.54) is 4.90 Å². The number of rotatable bonds is 7. The van der Waals surface area contributed by atoms with Crippen molar-refractivity contribution in [2.45, 2.75) is 26.3 Å². The minimum absolute atomic E-state index is 0.0909. The zero-order valence-corrected chi connectivity index (χ0v) is 14.7. The van der Waals surface area contributed by atoms with Crippen molar-refractivity contribution < 1.29 is 23.2 Å². The average Bonchev–Trinajstić information content (AvgIpc) is 2.55. The van der Waals surface area contributed by atoms with Crippen LogP contribution in [0.5, 0.6) is 0 Å². The molecule has 1 aromatic rings. The third-order valence-corrected chi connectivity index (χ3v) is 3.77. The molecule has 0 aliphatic heterocycles. The van der Waals surface area contributed by atoms with Crippen LogP contribution in [-0.4, -0.2) is 49.3 Å². The molecule has 1 aromatic carbocycles. The topological polar surface area (TPSA) is 78.5 Å². The van der Waals surface area contributed by atoms with Crippen LogP contribution in [0.4, 0.5) is 8.78 Å². The van der Waals surface area contributed by atoms with Crippen LogP contribution in [-0.2, 0) is 9.59 Å². The molecule has 0 aromatic heterocycles. The molecule has 0 spiro atoms. The van der Waals surface area contributed by atoms with Gasteiger partial charge in [-0.2, -0.15) is 0 Å². The van der Waals surface area contributed by atoms with Crippen LogP contribution in [0.1, 0.15) is 30.6 Å². The van der Waals surface area contributed by atoms with E-state index < -0.39 is 36.0 Å². The number of nitrogens with one attached hydrogen (secondary N) is 2. The fraction of sp³-hybridized carbons (Fsp3) is 0.471. The van der Waals surface area contributed by atoms with Crippen LogP contribution in [0.15, 0.2) is 18.2 Å². The average molecular weight is 355 g/mol. The molecule has 0 heterocycles. The molecule has 0 aliphatic carbocycles. The minimum atomic E-state index is -0.886. The first-order chi connectivity index (χ1) is 11.6. The lowest BCUT2D eigenvalue weighted by atomic mass is 9.98. The first kappa shape index (κ1) is 20.5. The zero-order valence-electron chi connectivity index (χ0n) is 14.7. The quantitative estimate of drug-likeness (QED) is 0.774. The second-order valence-electron chi connectivity index (χ2n) is 6.00. The van der Waals surface area contributed by atoms with Crippen LogP contribution in [0, 0.1) is 17.6 Å². The standard InChI is InChI=1S/C17H23F2N3O3/c1-5-10(2)15(17(25)22(3)4)21-14(23)9-20-16(24)11-6-12(18)8-13(19)7-11/h6-8,10,15H,5,9H2,1-4H3,(H,20,24)(H,21,23)/t10-,15-/m0/s1. The molecule has 25 heavy (non-hydrogen) atoms. The van der Waals surface area contributed by atoms with E-state index in [1.807, 2.05) is 13.8 Å². The number of likely N-dealkylation sites (N-methyl/N-ethyl adjacent to an activating group) is 1. The summed E-state index contributed by atoms with van der Waals surface area (Å²) >= 11 is 0. The van der Waals surface area contributed by atoms with E-state index >= 15 is 0 Å². The number of carbonyl (C=O) groups excluding carboxylic acids is 3. The molecule has 0 saturated carbocycles. The fourth-order valence-corrected chi connectivity index (χ4v) is 2.13. The predicted molar refractivity (Wildman–Crippen MR) is 88.8 cm³/mol. The van der Waals surface area contributed by atoms with E-state index in [2.05, 4.69) is 10.6 Å². The Hall–Kier alpha value is -2.51. The molecule has 0 unspecified atom stereocenters. The molecule has 1 rings (SSSR count). The number of benzene rings is 1. The van der Waals surface area contributed by atoms with Gasteiger partial charge in [0.05, 0.1) is 6.54 Å². The molecule has 0 fully saturated rings. The highest BCUT2D eigenvalue weighted by Crippen LogP contribution is 2.10. The van der Waals surface area contributed by atoms with Gasteiger partial charge < -0.3 is 15.5 Å². The third kappa shape index (κ3) is 6.13. The van der Waals surface area contributed by atoms with E-state index in [1.54, 1.807) is 14.1 Å². The van der Waals surface area contributed by atoms with Gasteiger partial charge in [-0.1, -0.05) is 20.3 Å². The maximum absolute atomic E-state index is 13.1. The number of halogens is 2. The summed E-state index contributed by atoms with van der Waals surface area (Å²) in [5.41, 5.74) is -0.229. The second-order valence-corrected chi connectivity index (χ2v) is 6.00. The van der Waals surface area contributed by atoms with Crippen molar-refractivity contribution in [1.82, 2.24) is 15.5 Å². The molecule has 0 aliphatic rings. The lowest BCUT2D eigenvalue weighted by Gasteiger charge is -2.26. The highest BCUT2D eigenvalue weighted by atomic mass is 19.1. The van der Waals surface area contributed by atoms with E-state index in [9.17, 15) is 23.2 Å². The van der Waals surface area contributed by atoms with Gasteiger partial charge in [-0.3, -0.25) is 14.4 Å². The molecule has 6 nitrogen and oxygen atoms in total. The number of carbonyl (C=O) groups is 3. The molecule has 0 radical (unpaired) electrons. The summed E-state index contributed by atoms with van der Waals surface area (Å²) in [6.07, 6.45) is 0.680. The maximum Gasteiger partial charge on any atom is 0.251 e. The minimum Gasteiger partial charge on any atom is -0.347 e. The van der Waals surface area contributed by atoms with Crippen molar-refractivity contribution in [3.05, 3.63) is 35.4 Å². The molecule has 3 amide bonds. The van der Waals surface area contributed by atoms with Gasteiger partial charge in [0.2, 0.25) is 11.8 Å². The Kier molecular flexibility index (Phi) is 7.47. The van der Waals surface area contributed by atoms with E-state index in [-0.39, 0.29) is 17.4 Å². The van der Waals surface area contributed by atoms with Gasteiger partial charge in [-0.15, -0.1) is 0 Å². The van der Waals surface area contributed by atoms with Gasteiger partial charge in [-0.05, 0) is 18.1 Å². The van der Waals surface area contributed by atoms with Gasteiger partial charge in [0.1, 0.15) is 17.7 Å². The third-order valence-electron chi connectivity index (χ3n) is 3.77. The Morgan fingerprint density at radius 1 is 1.12 bits per heavy atom. The Morgan fingerprint density at radius 3 is 2.16 bits per heavy atom. The highest BCUT2D eigenvalue weighted by molar-refractivity contribution is 5.97. The van der Waals surface area contributed by atoms with E-state index in [4.69, 9.17) is 0 Å². The van der Waals surface area contributed by atoms with Crippen molar-refractivity contribution in [2.75, 3.05) is 20.6 Å². The maximum atomic E-state index is 13.1. The van der Waals surface area contributed by atoms with Crippen LogP contribution < -0.4 is 10.6 Å².